The summed E-state index contributed by atoms with van der Waals surface area (Å²) in [6.07, 6.45) is 8.77. The van der Waals surface area contributed by atoms with E-state index in [9.17, 15) is 4.79 Å². The van der Waals surface area contributed by atoms with Gasteiger partial charge < -0.3 is 9.42 Å². The number of rotatable bonds is 4. The Hall–Kier alpha value is -2.15. The molecule has 3 aliphatic rings. The second-order valence-electron chi connectivity index (χ2n) is 7.06. The van der Waals surface area contributed by atoms with Crippen molar-refractivity contribution in [2.75, 3.05) is 24.5 Å². The zero-order valence-electron chi connectivity index (χ0n) is 13.6. The third-order valence-electron chi connectivity index (χ3n) is 5.44. The topological polar surface area (TPSA) is 67.4 Å². The number of aryl methyl sites for hydroxylation is 1. The second-order valence-corrected chi connectivity index (χ2v) is 7.06. The van der Waals surface area contributed by atoms with Gasteiger partial charge in [-0.15, -0.1) is 0 Å². The molecule has 0 N–H and O–H groups in total. The minimum Gasteiger partial charge on any atom is -0.361 e. The van der Waals surface area contributed by atoms with Crippen LogP contribution in [0, 0.1) is 0 Å². The highest BCUT2D eigenvalue weighted by Crippen LogP contribution is 2.30. The van der Waals surface area contributed by atoms with Crippen LogP contribution in [0.3, 0.4) is 0 Å². The van der Waals surface area contributed by atoms with Gasteiger partial charge in [0, 0.05) is 50.8 Å². The molecule has 0 unspecified atom stereocenters. The Kier molecular flexibility index (Phi) is 3.22. The minimum atomic E-state index is 0.213. The minimum absolute atomic E-state index is 0.213. The molecule has 4 heterocycles. The predicted molar refractivity (Wildman–Crippen MR) is 86.7 cm³/mol. The average Bonchev–Trinajstić information content (AvgIpc) is 3.27. The van der Waals surface area contributed by atoms with Crippen LogP contribution in [0.4, 0.5) is 5.69 Å². The van der Waals surface area contributed by atoms with Crippen LogP contribution >= 0.6 is 0 Å². The van der Waals surface area contributed by atoms with Gasteiger partial charge in [-0.3, -0.25) is 14.4 Å². The number of hydrogen-bond acceptors (Lipinski definition) is 5. The van der Waals surface area contributed by atoms with E-state index in [1.54, 1.807) is 0 Å². The van der Waals surface area contributed by atoms with Crippen molar-refractivity contribution < 1.29 is 9.32 Å². The standard InChI is InChI=1S/C17H21N5O2/c23-17-5-2-6-21(17)12-7-18-22(10-12)13-8-20(9-13)11-15-14-3-1-4-16(14)24-19-15/h7,10,13H,1-6,8-9,11H2. The number of fused-ring (bicyclic) bond motifs is 1. The van der Waals surface area contributed by atoms with Gasteiger partial charge in [0.15, 0.2) is 0 Å². The summed E-state index contributed by atoms with van der Waals surface area (Å²) in [4.78, 5) is 16.0. The summed E-state index contributed by atoms with van der Waals surface area (Å²) in [5, 5.41) is 8.71. The quantitative estimate of drug-likeness (QED) is 0.852. The smallest absolute Gasteiger partial charge is 0.227 e. The second kappa shape index (κ2) is 5.44. The first kappa shape index (κ1) is 14.2. The van der Waals surface area contributed by atoms with Gasteiger partial charge in [-0.25, -0.2) is 0 Å². The van der Waals surface area contributed by atoms with Crippen LogP contribution in [0.2, 0.25) is 0 Å². The number of carbonyl (C=O) groups is 1. The number of hydrogen-bond donors (Lipinski definition) is 0. The monoisotopic (exact) mass is 327 g/mol. The Morgan fingerprint density at radius 3 is 2.96 bits per heavy atom. The van der Waals surface area contributed by atoms with Crippen molar-refractivity contribution >= 4 is 11.6 Å². The molecule has 7 nitrogen and oxygen atoms in total. The molecule has 24 heavy (non-hydrogen) atoms. The molecule has 126 valence electrons. The number of anilines is 1. The summed E-state index contributed by atoms with van der Waals surface area (Å²) in [5.74, 6) is 1.30. The van der Waals surface area contributed by atoms with Gasteiger partial charge in [0.2, 0.25) is 5.91 Å². The van der Waals surface area contributed by atoms with Crippen LogP contribution in [-0.2, 0) is 24.2 Å². The highest BCUT2D eigenvalue weighted by Gasteiger charge is 2.32. The fourth-order valence-corrected chi connectivity index (χ4v) is 4.05. The molecule has 0 spiro atoms. The van der Waals surface area contributed by atoms with Gasteiger partial charge in [0.25, 0.3) is 0 Å². The third-order valence-corrected chi connectivity index (χ3v) is 5.44. The van der Waals surface area contributed by atoms with Crippen molar-refractivity contribution in [1.29, 1.82) is 0 Å². The molecule has 0 radical (unpaired) electrons. The number of amides is 1. The number of nitrogens with zero attached hydrogens (tertiary/aromatic N) is 5. The van der Waals surface area contributed by atoms with E-state index in [0.29, 0.717) is 12.5 Å². The maximum absolute atomic E-state index is 11.8. The number of carbonyl (C=O) groups excluding carboxylic acids is 1. The molecule has 7 heteroatoms. The Labute approximate surface area is 140 Å². The Balaban J connectivity index is 1.21. The molecular weight excluding hydrogens is 306 g/mol. The maximum atomic E-state index is 11.8. The van der Waals surface area contributed by atoms with Crippen molar-refractivity contribution in [2.45, 2.75) is 44.7 Å². The van der Waals surface area contributed by atoms with Crippen LogP contribution < -0.4 is 4.90 Å². The van der Waals surface area contributed by atoms with Crippen molar-refractivity contribution in [3.8, 4) is 0 Å². The van der Waals surface area contributed by atoms with E-state index in [0.717, 1.165) is 62.6 Å². The number of likely N-dealkylation sites (tertiary alicyclic amines) is 1. The Morgan fingerprint density at radius 1 is 1.21 bits per heavy atom. The highest BCUT2D eigenvalue weighted by atomic mass is 16.5. The molecule has 1 aliphatic carbocycles. The summed E-state index contributed by atoms with van der Waals surface area (Å²) < 4.78 is 7.43. The third kappa shape index (κ3) is 2.26. The van der Waals surface area contributed by atoms with Gasteiger partial charge in [0.1, 0.15) is 11.5 Å². The van der Waals surface area contributed by atoms with Gasteiger partial charge >= 0.3 is 0 Å². The summed E-state index contributed by atoms with van der Waals surface area (Å²) in [7, 11) is 0. The lowest BCUT2D eigenvalue weighted by Gasteiger charge is -2.38. The lowest BCUT2D eigenvalue weighted by atomic mass is 10.1. The van der Waals surface area contributed by atoms with Crippen molar-refractivity contribution in [1.82, 2.24) is 19.8 Å². The first-order chi connectivity index (χ1) is 11.8. The summed E-state index contributed by atoms with van der Waals surface area (Å²) >= 11 is 0. The van der Waals surface area contributed by atoms with E-state index >= 15 is 0 Å². The zero-order valence-corrected chi connectivity index (χ0v) is 13.6. The molecule has 0 aromatic carbocycles. The van der Waals surface area contributed by atoms with E-state index < -0.39 is 0 Å². The predicted octanol–water partition coefficient (Wildman–Crippen LogP) is 1.54. The van der Waals surface area contributed by atoms with Crippen molar-refractivity contribution in [2.24, 2.45) is 0 Å². The maximum Gasteiger partial charge on any atom is 0.227 e. The molecule has 0 bridgehead atoms. The SMILES string of the molecule is O=C1CCCN1c1cnn(C2CN(Cc3noc4c3CCC4)C2)c1. The molecule has 2 fully saturated rings. The largest absolute Gasteiger partial charge is 0.361 e. The zero-order chi connectivity index (χ0) is 16.1. The van der Waals surface area contributed by atoms with E-state index in [2.05, 4.69) is 15.2 Å². The normalized spacial score (nSPS) is 21.5. The molecule has 1 amide bonds. The van der Waals surface area contributed by atoms with E-state index in [4.69, 9.17) is 4.52 Å². The molecule has 0 saturated carbocycles. The van der Waals surface area contributed by atoms with Crippen LogP contribution in [0.5, 0.6) is 0 Å². The molecule has 2 saturated heterocycles. The van der Waals surface area contributed by atoms with E-state index in [1.165, 1.54) is 12.0 Å². The molecule has 2 aromatic heterocycles. The van der Waals surface area contributed by atoms with Crippen molar-refractivity contribution in [3.05, 3.63) is 29.4 Å². The van der Waals surface area contributed by atoms with Gasteiger partial charge in [0.05, 0.1) is 17.9 Å². The lowest BCUT2D eigenvalue weighted by Crippen LogP contribution is -2.47. The van der Waals surface area contributed by atoms with Crippen molar-refractivity contribution in [3.63, 3.8) is 0 Å². The van der Waals surface area contributed by atoms with Crippen LogP contribution in [0.15, 0.2) is 16.9 Å². The first-order valence-corrected chi connectivity index (χ1v) is 8.81. The van der Waals surface area contributed by atoms with Crippen LogP contribution in [-0.4, -0.2) is 45.4 Å². The molecule has 5 rings (SSSR count). The van der Waals surface area contributed by atoms with Gasteiger partial charge in [-0.05, 0) is 19.3 Å². The summed E-state index contributed by atoms with van der Waals surface area (Å²) in [5.41, 5.74) is 3.39. The summed E-state index contributed by atoms with van der Waals surface area (Å²) in [6, 6.07) is 0.386. The van der Waals surface area contributed by atoms with Gasteiger partial charge in [-0.2, -0.15) is 5.10 Å². The fourth-order valence-electron chi connectivity index (χ4n) is 4.05. The van der Waals surface area contributed by atoms with E-state index in [1.807, 2.05) is 22.0 Å². The molecular formula is C17H21N5O2. The Bertz CT molecular complexity index is 774. The number of aromatic nitrogens is 3. The highest BCUT2D eigenvalue weighted by molar-refractivity contribution is 5.95. The molecule has 2 aromatic rings. The average molecular weight is 327 g/mol. The fraction of sp³-hybridized carbons (Fsp3) is 0.588. The molecule has 2 aliphatic heterocycles. The van der Waals surface area contributed by atoms with Gasteiger partial charge in [-0.1, -0.05) is 5.16 Å². The lowest BCUT2D eigenvalue weighted by molar-refractivity contribution is -0.117. The Morgan fingerprint density at radius 2 is 2.12 bits per heavy atom. The van der Waals surface area contributed by atoms with E-state index in [-0.39, 0.29) is 5.91 Å². The summed E-state index contributed by atoms with van der Waals surface area (Å²) in [6.45, 7) is 3.63. The van der Waals surface area contributed by atoms with Crippen LogP contribution in [0.25, 0.3) is 0 Å². The van der Waals surface area contributed by atoms with Crippen LogP contribution in [0.1, 0.15) is 42.3 Å². The first-order valence-electron chi connectivity index (χ1n) is 8.81. The molecule has 0 atom stereocenters.